The van der Waals surface area contributed by atoms with Crippen molar-refractivity contribution in [3.63, 3.8) is 0 Å². The fraction of sp³-hybridized carbons (Fsp3) is 0.667. The minimum atomic E-state index is -3.18. The molecule has 150 valence electrons. The Bertz CT molecular complexity index is 793. The quantitative estimate of drug-likeness (QED) is 0.774. The Kier molecular flexibility index (Phi) is 5.69. The summed E-state index contributed by atoms with van der Waals surface area (Å²) in [7, 11) is 0.428. The third-order valence-electron chi connectivity index (χ3n) is 6.15. The second kappa shape index (κ2) is 7.55. The molecule has 2 aliphatic rings. The van der Waals surface area contributed by atoms with Crippen molar-refractivity contribution in [2.24, 2.45) is 5.92 Å². The molecule has 1 aromatic carbocycles. The number of rotatable bonds is 5. The van der Waals surface area contributed by atoms with Crippen molar-refractivity contribution >= 4 is 15.9 Å². The summed E-state index contributed by atoms with van der Waals surface area (Å²) >= 11 is 0. The Morgan fingerprint density at radius 1 is 1.22 bits per heavy atom. The van der Waals surface area contributed by atoms with Crippen LogP contribution in [0.3, 0.4) is 0 Å². The van der Waals surface area contributed by atoms with E-state index >= 15 is 0 Å². The van der Waals surface area contributed by atoms with Crippen LogP contribution in [0.4, 0.5) is 0 Å². The molecule has 3 rings (SSSR count). The van der Waals surface area contributed by atoms with Gasteiger partial charge in [-0.3, -0.25) is 4.79 Å². The minimum Gasteiger partial charge on any atom is -0.349 e. The molecule has 1 saturated heterocycles. The van der Waals surface area contributed by atoms with Crippen molar-refractivity contribution in [1.82, 2.24) is 9.21 Å². The Morgan fingerprint density at radius 2 is 1.85 bits per heavy atom. The van der Waals surface area contributed by atoms with E-state index in [0.29, 0.717) is 19.5 Å². The first-order valence-electron chi connectivity index (χ1n) is 9.92. The number of amides is 1. The standard InChI is InChI=1S/C21H32N2O3S/c1-16(2)15-27(25,26)23-11-9-21(10-12-23)14-17(13-20(24)22(3)4)18-7-5-6-8-19(18)21/h5-8,16-17H,9-15H2,1-4H3. The SMILES string of the molecule is CC(C)CS(=O)(=O)N1CCC2(CC1)CC(CC(=O)N(C)C)c1ccccc12. The van der Waals surface area contributed by atoms with E-state index in [2.05, 4.69) is 18.2 Å². The predicted molar refractivity (Wildman–Crippen MR) is 108 cm³/mol. The van der Waals surface area contributed by atoms with Crippen molar-refractivity contribution < 1.29 is 13.2 Å². The minimum absolute atomic E-state index is 0.0116. The van der Waals surface area contributed by atoms with E-state index in [0.717, 1.165) is 19.3 Å². The first-order valence-corrected chi connectivity index (χ1v) is 11.5. The van der Waals surface area contributed by atoms with Crippen LogP contribution < -0.4 is 0 Å². The topological polar surface area (TPSA) is 57.7 Å². The fourth-order valence-electron chi connectivity index (χ4n) is 4.80. The van der Waals surface area contributed by atoms with E-state index in [1.54, 1.807) is 23.3 Å². The molecular formula is C21H32N2O3S. The van der Waals surface area contributed by atoms with E-state index in [1.165, 1.54) is 11.1 Å². The number of fused-ring (bicyclic) bond motifs is 2. The number of carbonyl (C=O) groups excluding carboxylic acids is 1. The zero-order valence-electron chi connectivity index (χ0n) is 16.9. The number of hydrogen-bond donors (Lipinski definition) is 0. The molecule has 1 aliphatic heterocycles. The molecule has 0 N–H and O–H groups in total. The highest BCUT2D eigenvalue weighted by molar-refractivity contribution is 7.89. The number of piperidine rings is 1. The van der Waals surface area contributed by atoms with Crippen LogP contribution in [0, 0.1) is 5.92 Å². The van der Waals surface area contributed by atoms with Gasteiger partial charge in [0.25, 0.3) is 0 Å². The van der Waals surface area contributed by atoms with Crippen molar-refractivity contribution in [3.8, 4) is 0 Å². The van der Waals surface area contributed by atoms with E-state index in [9.17, 15) is 13.2 Å². The molecule has 1 atom stereocenters. The summed E-state index contributed by atoms with van der Waals surface area (Å²) < 4.78 is 26.9. The van der Waals surface area contributed by atoms with Crippen LogP contribution in [0.25, 0.3) is 0 Å². The summed E-state index contributed by atoms with van der Waals surface area (Å²) in [5, 5.41) is 0. The third-order valence-corrected chi connectivity index (χ3v) is 8.39. The third kappa shape index (κ3) is 4.06. The van der Waals surface area contributed by atoms with Gasteiger partial charge in [0, 0.05) is 33.6 Å². The summed E-state index contributed by atoms with van der Waals surface area (Å²) in [5.74, 6) is 0.745. The van der Waals surface area contributed by atoms with E-state index < -0.39 is 10.0 Å². The van der Waals surface area contributed by atoms with E-state index in [4.69, 9.17) is 0 Å². The molecule has 27 heavy (non-hydrogen) atoms. The van der Waals surface area contributed by atoms with Gasteiger partial charge < -0.3 is 4.90 Å². The van der Waals surface area contributed by atoms with Crippen LogP contribution in [-0.2, 0) is 20.2 Å². The molecule has 1 heterocycles. The average molecular weight is 393 g/mol. The van der Waals surface area contributed by atoms with Crippen molar-refractivity contribution in [2.75, 3.05) is 32.9 Å². The van der Waals surface area contributed by atoms with Crippen LogP contribution in [0.2, 0.25) is 0 Å². The maximum atomic E-state index is 12.6. The van der Waals surface area contributed by atoms with Crippen LogP contribution in [0.15, 0.2) is 24.3 Å². The van der Waals surface area contributed by atoms with Gasteiger partial charge in [0.2, 0.25) is 15.9 Å². The van der Waals surface area contributed by atoms with Gasteiger partial charge in [0.05, 0.1) is 5.75 Å². The average Bonchev–Trinajstić information content (AvgIpc) is 2.88. The van der Waals surface area contributed by atoms with Gasteiger partial charge >= 0.3 is 0 Å². The maximum absolute atomic E-state index is 12.6. The molecular weight excluding hydrogens is 360 g/mol. The highest BCUT2D eigenvalue weighted by Gasteiger charge is 2.47. The molecule has 6 heteroatoms. The molecule has 1 unspecified atom stereocenters. The Labute approximate surface area is 163 Å². The van der Waals surface area contributed by atoms with Gasteiger partial charge in [0.1, 0.15) is 0 Å². The number of sulfonamides is 1. The highest BCUT2D eigenvalue weighted by atomic mass is 32.2. The maximum Gasteiger partial charge on any atom is 0.222 e. The highest BCUT2D eigenvalue weighted by Crippen LogP contribution is 2.52. The van der Waals surface area contributed by atoms with E-state index in [-0.39, 0.29) is 28.9 Å². The molecule has 0 radical (unpaired) electrons. The van der Waals surface area contributed by atoms with E-state index in [1.807, 2.05) is 19.9 Å². The predicted octanol–water partition coefficient (Wildman–Crippen LogP) is 2.97. The lowest BCUT2D eigenvalue weighted by Crippen LogP contribution is -2.45. The van der Waals surface area contributed by atoms with Crippen molar-refractivity contribution in [3.05, 3.63) is 35.4 Å². The van der Waals surface area contributed by atoms with Crippen LogP contribution in [0.5, 0.6) is 0 Å². The van der Waals surface area contributed by atoms with Gasteiger partial charge in [-0.05, 0) is 47.6 Å². The lowest BCUT2D eigenvalue weighted by Gasteiger charge is -2.40. The van der Waals surface area contributed by atoms with Gasteiger partial charge in [-0.25, -0.2) is 12.7 Å². The summed E-state index contributed by atoms with van der Waals surface area (Å²) in [6, 6.07) is 8.46. The molecule has 0 saturated carbocycles. The van der Waals surface area contributed by atoms with Crippen molar-refractivity contribution in [2.45, 2.75) is 50.9 Å². The van der Waals surface area contributed by atoms with Gasteiger partial charge in [-0.1, -0.05) is 38.1 Å². The largest absolute Gasteiger partial charge is 0.349 e. The molecule has 0 aromatic heterocycles. The fourth-order valence-corrected chi connectivity index (χ4v) is 6.59. The van der Waals surface area contributed by atoms with Gasteiger partial charge in [-0.2, -0.15) is 0 Å². The molecule has 1 fully saturated rings. The summed E-state index contributed by atoms with van der Waals surface area (Å²) in [5.41, 5.74) is 2.63. The summed E-state index contributed by atoms with van der Waals surface area (Å²) in [6.45, 7) is 5.06. The number of carbonyl (C=O) groups is 1. The monoisotopic (exact) mass is 392 g/mol. The molecule has 1 aromatic rings. The Balaban J connectivity index is 1.79. The second-order valence-corrected chi connectivity index (χ2v) is 10.8. The lowest BCUT2D eigenvalue weighted by molar-refractivity contribution is -0.129. The van der Waals surface area contributed by atoms with Crippen LogP contribution in [0.1, 0.15) is 56.6 Å². The normalized spacial score (nSPS) is 22.2. The summed E-state index contributed by atoms with van der Waals surface area (Å²) in [4.78, 5) is 14.0. The van der Waals surface area contributed by atoms with Gasteiger partial charge in [0.15, 0.2) is 0 Å². The first kappa shape index (κ1) is 20.3. The summed E-state index contributed by atoms with van der Waals surface area (Å²) in [6.07, 6.45) is 3.16. The Hall–Kier alpha value is -1.40. The number of nitrogens with zero attached hydrogens (tertiary/aromatic N) is 2. The molecule has 1 amide bonds. The smallest absolute Gasteiger partial charge is 0.222 e. The van der Waals surface area contributed by atoms with Crippen LogP contribution >= 0.6 is 0 Å². The Morgan fingerprint density at radius 3 is 2.44 bits per heavy atom. The second-order valence-electron chi connectivity index (χ2n) is 8.83. The number of benzene rings is 1. The molecule has 1 spiro atoms. The van der Waals surface area contributed by atoms with Crippen LogP contribution in [-0.4, -0.2) is 56.5 Å². The molecule has 5 nitrogen and oxygen atoms in total. The molecule has 1 aliphatic carbocycles. The zero-order valence-corrected chi connectivity index (χ0v) is 17.8. The lowest BCUT2D eigenvalue weighted by atomic mass is 9.73. The van der Waals surface area contributed by atoms with Gasteiger partial charge in [-0.15, -0.1) is 0 Å². The molecule has 0 bridgehead atoms. The number of hydrogen-bond acceptors (Lipinski definition) is 3. The van der Waals surface area contributed by atoms with Crippen molar-refractivity contribution in [1.29, 1.82) is 0 Å². The zero-order chi connectivity index (χ0) is 19.8. The first-order chi connectivity index (χ1) is 12.6.